The minimum Gasteiger partial charge on any atom is -0.508 e. The van der Waals surface area contributed by atoms with Gasteiger partial charge in [-0.3, -0.25) is 4.79 Å². The first-order chi connectivity index (χ1) is 17.8. The van der Waals surface area contributed by atoms with Crippen LogP contribution in [-0.2, 0) is 4.74 Å². The van der Waals surface area contributed by atoms with E-state index < -0.39 is 71.8 Å². The molecule has 12 nitrogen and oxygen atoms in total. The fraction of sp³-hybridized carbons (Fsp3) is 0.500. The number of aromatic hydroxyl groups is 3. The topological polar surface area (TPSA) is 207 Å². The molecule has 2 aromatic carbocycles. The zero-order valence-electron chi connectivity index (χ0n) is 20.6. The normalized spacial score (nSPS) is 30.8. The molecular formula is C26H30O12. The number of Topliss-reactive ketones (excluding diaryl/α,β-unsaturated/α-hetero) is 1. The predicted molar refractivity (Wildman–Crippen MR) is 128 cm³/mol. The van der Waals surface area contributed by atoms with Gasteiger partial charge in [0.15, 0.2) is 5.78 Å². The van der Waals surface area contributed by atoms with Gasteiger partial charge >= 0.3 is 0 Å². The van der Waals surface area contributed by atoms with Crippen molar-refractivity contribution in [2.24, 2.45) is 0 Å². The molecule has 206 valence electrons. The number of aliphatic hydroxyl groups excluding tert-OH is 4. The molecule has 0 saturated carbocycles. The van der Waals surface area contributed by atoms with Gasteiger partial charge in [-0.15, -0.1) is 0 Å². The van der Waals surface area contributed by atoms with Gasteiger partial charge in [0, 0.05) is 23.3 Å². The first kappa shape index (κ1) is 26.5. The van der Waals surface area contributed by atoms with Gasteiger partial charge in [0.2, 0.25) is 0 Å². The Bertz CT molecular complexity index is 1270. The summed E-state index contributed by atoms with van der Waals surface area (Å²) in [6.07, 6.45) is -7.99. The van der Waals surface area contributed by atoms with E-state index in [1.54, 1.807) is 19.9 Å². The second-order valence-electron chi connectivity index (χ2n) is 10.5. The lowest BCUT2D eigenvalue weighted by molar-refractivity contribution is -0.232. The number of ether oxygens (including phenoxy) is 3. The van der Waals surface area contributed by atoms with E-state index >= 15 is 0 Å². The van der Waals surface area contributed by atoms with Crippen LogP contribution >= 0.6 is 0 Å². The quantitative estimate of drug-likeness (QED) is 0.259. The number of fused-ring (bicyclic) bond motifs is 2. The maximum absolute atomic E-state index is 13.7. The average molecular weight is 535 g/mol. The average Bonchev–Trinajstić information content (AvgIpc) is 3.26. The lowest BCUT2D eigenvalue weighted by atomic mass is 9.81. The number of carbonyl (C=O) groups excluding carboxylic acids is 1. The third-order valence-electron chi connectivity index (χ3n) is 7.58. The van der Waals surface area contributed by atoms with E-state index in [1.165, 1.54) is 6.07 Å². The Kier molecular flexibility index (Phi) is 6.45. The van der Waals surface area contributed by atoms with Crippen LogP contribution in [0.15, 0.2) is 18.2 Å². The monoisotopic (exact) mass is 534 g/mol. The predicted octanol–water partition coefficient (Wildman–Crippen LogP) is -0.0759. The molecule has 7 atom stereocenters. The second kappa shape index (κ2) is 9.26. The summed E-state index contributed by atoms with van der Waals surface area (Å²) >= 11 is 0. The highest BCUT2D eigenvalue weighted by atomic mass is 16.5. The molecule has 8 N–H and O–H groups in total. The summed E-state index contributed by atoms with van der Waals surface area (Å²) in [5, 5.41) is 83.0. The molecule has 12 heteroatoms. The van der Waals surface area contributed by atoms with E-state index in [0.29, 0.717) is 11.3 Å². The number of hydrogen-bond donors (Lipinski definition) is 8. The van der Waals surface area contributed by atoms with Gasteiger partial charge in [-0.2, -0.15) is 0 Å². The van der Waals surface area contributed by atoms with Crippen LogP contribution < -0.4 is 9.47 Å². The van der Waals surface area contributed by atoms with Crippen molar-refractivity contribution >= 4 is 5.78 Å². The van der Waals surface area contributed by atoms with Crippen LogP contribution in [0.1, 0.15) is 58.8 Å². The third kappa shape index (κ3) is 4.04. The van der Waals surface area contributed by atoms with Crippen molar-refractivity contribution < 1.29 is 59.9 Å². The van der Waals surface area contributed by atoms with E-state index in [4.69, 9.17) is 14.2 Å². The fourth-order valence-corrected chi connectivity index (χ4v) is 5.42. The highest BCUT2D eigenvalue weighted by molar-refractivity contribution is 6.07. The Balaban J connectivity index is 1.56. The highest BCUT2D eigenvalue weighted by Gasteiger charge is 2.48. The Morgan fingerprint density at radius 3 is 2.26 bits per heavy atom. The number of rotatable bonds is 4. The molecule has 0 spiro atoms. The summed E-state index contributed by atoms with van der Waals surface area (Å²) in [7, 11) is 0. The molecule has 7 unspecified atom stereocenters. The highest BCUT2D eigenvalue weighted by Crippen LogP contribution is 2.51. The molecule has 0 amide bonds. The van der Waals surface area contributed by atoms with Crippen molar-refractivity contribution in [1.29, 1.82) is 0 Å². The van der Waals surface area contributed by atoms with Gasteiger partial charge < -0.3 is 55.1 Å². The summed E-state index contributed by atoms with van der Waals surface area (Å²) in [6, 6.07) is 3.78. The molecule has 0 aromatic heterocycles. The molecule has 2 aromatic rings. The Labute approximate surface area is 216 Å². The zero-order chi connectivity index (χ0) is 27.7. The molecule has 38 heavy (non-hydrogen) atoms. The minimum atomic E-state index is -1.77. The summed E-state index contributed by atoms with van der Waals surface area (Å²) in [4.78, 5) is 13.7. The number of carbonyl (C=O) groups is 1. The van der Waals surface area contributed by atoms with Gasteiger partial charge in [0.25, 0.3) is 0 Å². The maximum Gasteiger partial charge on any atom is 0.181 e. The van der Waals surface area contributed by atoms with Crippen molar-refractivity contribution in [3.63, 3.8) is 0 Å². The Hall–Kier alpha value is -3.13. The lowest BCUT2D eigenvalue weighted by Crippen LogP contribution is -2.55. The molecule has 3 aliphatic rings. The maximum atomic E-state index is 13.7. The SMILES string of the molecule is CC(C)(O)C1COc2cc(O)c(C3COc4c(c(O)cc(O)c4C4OC(CO)C(O)C(O)C4O)C3=O)cc21. The summed E-state index contributed by atoms with van der Waals surface area (Å²) in [5.74, 6) is -3.59. The molecule has 3 aliphatic heterocycles. The number of hydrogen-bond acceptors (Lipinski definition) is 12. The van der Waals surface area contributed by atoms with Gasteiger partial charge in [0.05, 0.1) is 36.2 Å². The number of benzene rings is 2. The van der Waals surface area contributed by atoms with Gasteiger partial charge in [0.1, 0.15) is 71.4 Å². The van der Waals surface area contributed by atoms with E-state index in [9.17, 15) is 45.6 Å². The smallest absolute Gasteiger partial charge is 0.181 e. The van der Waals surface area contributed by atoms with Crippen molar-refractivity contribution in [2.45, 2.75) is 61.8 Å². The largest absolute Gasteiger partial charge is 0.508 e. The summed E-state index contributed by atoms with van der Waals surface area (Å²) in [6.45, 7) is 2.39. The van der Waals surface area contributed by atoms with Crippen LogP contribution in [0.4, 0.5) is 0 Å². The van der Waals surface area contributed by atoms with Crippen LogP contribution in [0.2, 0.25) is 0 Å². The second-order valence-corrected chi connectivity index (χ2v) is 10.5. The summed E-state index contributed by atoms with van der Waals surface area (Å²) < 4.78 is 17.0. The van der Waals surface area contributed by atoms with Crippen LogP contribution in [0.3, 0.4) is 0 Å². The first-order valence-electron chi connectivity index (χ1n) is 12.1. The molecular weight excluding hydrogens is 504 g/mol. The van der Waals surface area contributed by atoms with Crippen LogP contribution in [0.25, 0.3) is 0 Å². The van der Waals surface area contributed by atoms with E-state index in [1.807, 2.05) is 0 Å². The van der Waals surface area contributed by atoms with E-state index in [-0.39, 0.29) is 41.4 Å². The van der Waals surface area contributed by atoms with Crippen molar-refractivity contribution in [1.82, 2.24) is 0 Å². The van der Waals surface area contributed by atoms with Crippen molar-refractivity contribution in [3.8, 4) is 28.7 Å². The number of phenolic OH excluding ortho intramolecular Hbond substituents is 3. The van der Waals surface area contributed by atoms with Crippen LogP contribution in [0, 0.1) is 0 Å². The molecule has 0 bridgehead atoms. The molecule has 1 fully saturated rings. The summed E-state index contributed by atoms with van der Waals surface area (Å²) in [5.41, 5.74) is -0.965. The number of aliphatic hydroxyl groups is 5. The fourth-order valence-electron chi connectivity index (χ4n) is 5.42. The van der Waals surface area contributed by atoms with Gasteiger partial charge in [-0.1, -0.05) is 0 Å². The first-order valence-corrected chi connectivity index (χ1v) is 12.1. The van der Waals surface area contributed by atoms with Crippen LogP contribution in [-0.4, -0.2) is 96.5 Å². The van der Waals surface area contributed by atoms with Crippen molar-refractivity contribution in [2.75, 3.05) is 19.8 Å². The Morgan fingerprint density at radius 2 is 1.61 bits per heavy atom. The third-order valence-corrected chi connectivity index (χ3v) is 7.58. The van der Waals surface area contributed by atoms with E-state index in [0.717, 1.165) is 6.07 Å². The molecule has 0 aliphatic carbocycles. The van der Waals surface area contributed by atoms with Gasteiger partial charge in [-0.05, 0) is 19.9 Å². The van der Waals surface area contributed by atoms with Gasteiger partial charge in [-0.25, -0.2) is 0 Å². The number of phenols is 3. The Morgan fingerprint density at radius 1 is 0.895 bits per heavy atom. The lowest BCUT2D eigenvalue weighted by Gasteiger charge is -2.41. The molecule has 0 radical (unpaired) electrons. The number of ketones is 1. The standard InChI is InChI=1S/C26H30O12/c1-26(2,35)12-8-36-16-5-13(28)9(3-10(12)16)11-7-37-24-18(20(11)31)14(29)4-15(30)19(24)25-23(34)22(33)21(32)17(6-27)38-25/h3-5,11-12,17,21-23,25,27-30,32-35H,6-8H2,1-2H3. The van der Waals surface area contributed by atoms with Crippen LogP contribution in [0.5, 0.6) is 28.7 Å². The molecule has 3 heterocycles. The minimum absolute atomic E-state index is 0.181. The zero-order valence-corrected chi connectivity index (χ0v) is 20.6. The molecule has 5 rings (SSSR count). The van der Waals surface area contributed by atoms with Crippen molar-refractivity contribution in [3.05, 3.63) is 40.5 Å². The molecule has 1 saturated heterocycles. The van der Waals surface area contributed by atoms with E-state index in [2.05, 4.69) is 0 Å².